The van der Waals surface area contributed by atoms with Crippen LogP contribution in [0.4, 0.5) is 13.2 Å². The Morgan fingerprint density at radius 2 is 1.79 bits per heavy atom. The van der Waals surface area contributed by atoms with Gasteiger partial charge in [-0.15, -0.1) is 11.3 Å². The standard InChI is InChI=1S/C24H21F3N4O2S/c1-30(12-16-7-9-18(10-8-16)22(33)28-15-24(25,26)27)21(32)11-19-14-34-23-29-20(13-31(19)23)17-5-3-2-4-6-17/h2-10,13-14H,11-12,15H2,1H3,(H,28,33). The van der Waals surface area contributed by atoms with Crippen molar-refractivity contribution in [1.29, 1.82) is 0 Å². The van der Waals surface area contributed by atoms with E-state index in [1.165, 1.54) is 23.5 Å². The summed E-state index contributed by atoms with van der Waals surface area (Å²) in [5.74, 6) is -0.897. The Bertz CT molecular complexity index is 1300. The summed E-state index contributed by atoms with van der Waals surface area (Å²) in [7, 11) is 1.68. The van der Waals surface area contributed by atoms with E-state index in [1.54, 1.807) is 24.1 Å². The molecule has 0 aliphatic carbocycles. The monoisotopic (exact) mass is 486 g/mol. The Labute approximate surface area is 197 Å². The zero-order chi connectivity index (χ0) is 24.3. The number of thiazole rings is 1. The Balaban J connectivity index is 1.37. The van der Waals surface area contributed by atoms with Gasteiger partial charge < -0.3 is 10.2 Å². The predicted octanol–water partition coefficient (Wildman–Crippen LogP) is 4.56. The van der Waals surface area contributed by atoms with Gasteiger partial charge >= 0.3 is 6.18 Å². The van der Waals surface area contributed by atoms with Crippen molar-refractivity contribution in [1.82, 2.24) is 19.6 Å². The number of rotatable bonds is 7. The van der Waals surface area contributed by atoms with E-state index in [2.05, 4.69) is 4.98 Å². The summed E-state index contributed by atoms with van der Waals surface area (Å²) < 4.78 is 38.7. The van der Waals surface area contributed by atoms with E-state index in [-0.39, 0.29) is 17.9 Å². The van der Waals surface area contributed by atoms with E-state index in [0.717, 1.165) is 27.5 Å². The number of hydrogen-bond acceptors (Lipinski definition) is 4. The number of nitrogens with zero attached hydrogens (tertiary/aromatic N) is 3. The minimum absolute atomic E-state index is 0.0957. The average molecular weight is 487 g/mol. The highest BCUT2D eigenvalue weighted by atomic mass is 32.1. The Kier molecular flexibility index (Phi) is 6.69. The molecule has 0 spiro atoms. The minimum atomic E-state index is -4.47. The first-order valence-corrected chi connectivity index (χ1v) is 11.3. The van der Waals surface area contributed by atoms with Crippen molar-refractivity contribution in [2.24, 2.45) is 0 Å². The maximum Gasteiger partial charge on any atom is 0.405 e. The van der Waals surface area contributed by atoms with E-state index in [0.29, 0.717) is 6.54 Å². The number of fused-ring (bicyclic) bond motifs is 1. The topological polar surface area (TPSA) is 66.7 Å². The van der Waals surface area contributed by atoms with E-state index in [1.807, 2.05) is 51.6 Å². The number of carbonyl (C=O) groups is 2. The second-order valence-electron chi connectivity index (χ2n) is 7.79. The number of amides is 2. The maximum atomic E-state index is 12.8. The normalized spacial score (nSPS) is 11.5. The zero-order valence-corrected chi connectivity index (χ0v) is 19.0. The van der Waals surface area contributed by atoms with Gasteiger partial charge in [-0.3, -0.25) is 14.0 Å². The van der Waals surface area contributed by atoms with Crippen molar-refractivity contribution in [2.75, 3.05) is 13.6 Å². The van der Waals surface area contributed by atoms with E-state index in [9.17, 15) is 22.8 Å². The maximum absolute atomic E-state index is 12.8. The average Bonchev–Trinajstić information content (AvgIpc) is 3.40. The lowest BCUT2D eigenvalue weighted by Crippen LogP contribution is -2.33. The molecular weight excluding hydrogens is 465 g/mol. The van der Waals surface area contributed by atoms with Crippen LogP contribution in [0.1, 0.15) is 21.6 Å². The minimum Gasteiger partial charge on any atom is -0.343 e. The van der Waals surface area contributed by atoms with E-state index < -0.39 is 18.6 Å². The third-order valence-electron chi connectivity index (χ3n) is 5.20. The van der Waals surface area contributed by atoms with Crippen LogP contribution in [0.2, 0.25) is 0 Å². The summed E-state index contributed by atoms with van der Waals surface area (Å²) in [5.41, 5.74) is 3.56. The number of imidazole rings is 1. The molecule has 2 heterocycles. The van der Waals surface area contributed by atoms with Crippen LogP contribution in [0, 0.1) is 0 Å². The van der Waals surface area contributed by atoms with Crippen molar-refractivity contribution >= 4 is 28.1 Å². The smallest absolute Gasteiger partial charge is 0.343 e. The highest BCUT2D eigenvalue weighted by molar-refractivity contribution is 7.15. The van der Waals surface area contributed by atoms with Crippen molar-refractivity contribution in [3.05, 3.63) is 83.0 Å². The third-order valence-corrected chi connectivity index (χ3v) is 6.09. The summed E-state index contributed by atoms with van der Waals surface area (Å²) in [6.07, 6.45) is -2.35. The SMILES string of the molecule is CN(Cc1ccc(C(=O)NCC(F)(F)F)cc1)C(=O)Cc1csc2nc(-c3ccccc3)cn12. The molecule has 0 fully saturated rings. The molecule has 34 heavy (non-hydrogen) atoms. The lowest BCUT2D eigenvalue weighted by molar-refractivity contribution is -0.129. The molecule has 0 bridgehead atoms. The Morgan fingerprint density at radius 1 is 1.09 bits per heavy atom. The Morgan fingerprint density at radius 3 is 2.47 bits per heavy atom. The molecule has 0 aliphatic rings. The summed E-state index contributed by atoms with van der Waals surface area (Å²) in [5, 5.41) is 3.75. The molecule has 0 atom stereocenters. The van der Waals surface area contributed by atoms with Crippen molar-refractivity contribution in [3.8, 4) is 11.3 Å². The molecule has 4 rings (SSSR count). The highest BCUT2D eigenvalue weighted by Gasteiger charge is 2.27. The van der Waals surface area contributed by atoms with Crippen LogP contribution in [0.15, 0.2) is 66.2 Å². The van der Waals surface area contributed by atoms with Crippen molar-refractivity contribution in [3.63, 3.8) is 0 Å². The molecule has 0 aliphatic heterocycles. The van der Waals surface area contributed by atoms with Gasteiger partial charge in [0.1, 0.15) is 6.54 Å². The first kappa shape index (κ1) is 23.5. The predicted molar refractivity (Wildman–Crippen MR) is 124 cm³/mol. The van der Waals surface area contributed by atoms with Gasteiger partial charge in [-0.05, 0) is 17.7 Å². The molecule has 4 aromatic rings. The fourth-order valence-electron chi connectivity index (χ4n) is 3.40. The number of halogens is 3. The largest absolute Gasteiger partial charge is 0.405 e. The first-order chi connectivity index (χ1) is 16.2. The Hall–Kier alpha value is -3.66. The summed E-state index contributed by atoms with van der Waals surface area (Å²) >= 11 is 1.47. The molecular formula is C24H21F3N4O2S. The molecule has 2 aromatic heterocycles. The number of carbonyl (C=O) groups excluding carboxylic acids is 2. The molecule has 0 saturated carbocycles. The number of hydrogen-bond donors (Lipinski definition) is 1. The van der Waals surface area contributed by atoms with Crippen molar-refractivity contribution < 1.29 is 22.8 Å². The van der Waals surface area contributed by atoms with E-state index in [4.69, 9.17) is 0 Å². The van der Waals surface area contributed by atoms with Gasteiger partial charge in [0, 0.05) is 42.0 Å². The van der Waals surface area contributed by atoms with Crippen molar-refractivity contribution in [2.45, 2.75) is 19.1 Å². The van der Waals surface area contributed by atoms with Crippen LogP contribution in [0.3, 0.4) is 0 Å². The van der Waals surface area contributed by atoms with Crippen LogP contribution in [0.25, 0.3) is 16.2 Å². The van der Waals surface area contributed by atoms with Gasteiger partial charge in [-0.25, -0.2) is 4.98 Å². The number of aromatic nitrogens is 2. The number of likely N-dealkylation sites (N-methyl/N-ethyl adjacent to an activating group) is 1. The van der Waals surface area contributed by atoms with Gasteiger partial charge in [0.05, 0.1) is 12.1 Å². The van der Waals surface area contributed by atoms with Crippen LogP contribution >= 0.6 is 11.3 Å². The molecule has 176 valence electrons. The fourth-order valence-corrected chi connectivity index (χ4v) is 4.27. The second kappa shape index (κ2) is 9.68. The molecule has 0 unspecified atom stereocenters. The molecule has 6 nitrogen and oxygen atoms in total. The molecule has 10 heteroatoms. The lowest BCUT2D eigenvalue weighted by Gasteiger charge is -2.17. The highest BCUT2D eigenvalue weighted by Crippen LogP contribution is 2.24. The van der Waals surface area contributed by atoms with E-state index >= 15 is 0 Å². The number of benzene rings is 2. The summed E-state index contributed by atoms with van der Waals surface area (Å²) in [4.78, 5) is 31.7. The summed E-state index contributed by atoms with van der Waals surface area (Å²) in [6, 6.07) is 15.9. The first-order valence-electron chi connectivity index (χ1n) is 10.4. The quantitative estimate of drug-likeness (QED) is 0.417. The third kappa shape index (κ3) is 5.63. The van der Waals surface area contributed by atoms with Crippen LogP contribution in [0.5, 0.6) is 0 Å². The van der Waals surface area contributed by atoms with Crippen LogP contribution in [-0.4, -0.2) is 45.9 Å². The molecule has 1 N–H and O–H groups in total. The molecule has 2 aromatic carbocycles. The second-order valence-corrected chi connectivity index (χ2v) is 8.63. The van der Waals surface area contributed by atoms with Gasteiger partial charge in [-0.1, -0.05) is 42.5 Å². The van der Waals surface area contributed by atoms with Crippen LogP contribution in [-0.2, 0) is 17.8 Å². The summed E-state index contributed by atoms with van der Waals surface area (Å²) in [6.45, 7) is -1.08. The van der Waals surface area contributed by atoms with Gasteiger partial charge in [0.15, 0.2) is 4.96 Å². The van der Waals surface area contributed by atoms with Gasteiger partial charge in [-0.2, -0.15) is 13.2 Å². The number of nitrogens with one attached hydrogen (secondary N) is 1. The zero-order valence-electron chi connectivity index (χ0n) is 18.2. The van der Waals surface area contributed by atoms with Gasteiger partial charge in [0.25, 0.3) is 5.91 Å². The lowest BCUT2D eigenvalue weighted by atomic mass is 10.1. The molecule has 0 radical (unpaired) electrons. The fraction of sp³-hybridized carbons (Fsp3) is 0.208. The molecule has 2 amide bonds. The molecule has 0 saturated heterocycles. The van der Waals surface area contributed by atoms with Gasteiger partial charge in [0.2, 0.25) is 5.91 Å². The number of alkyl halides is 3. The van der Waals surface area contributed by atoms with Crippen LogP contribution < -0.4 is 5.32 Å².